The van der Waals surface area contributed by atoms with E-state index in [2.05, 4.69) is 10.5 Å². The second kappa shape index (κ2) is 9.26. The highest BCUT2D eigenvalue weighted by Crippen LogP contribution is 2.30. The highest BCUT2D eigenvalue weighted by atomic mass is 19.4. The van der Waals surface area contributed by atoms with Gasteiger partial charge in [0.15, 0.2) is 6.61 Å². The number of nitrogens with one attached hydrogen (secondary N) is 1. The first-order chi connectivity index (χ1) is 14.3. The molecule has 0 aliphatic heterocycles. The van der Waals surface area contributed by atoms with Crippen molar-refractivity contribution in [3.05, 3.63) is 90.0 Å². The second-order valence-corrected chi connectivity index (χ2v) is 6.46. The second-order valence-electron chi connectivity index (χ2n) is 6.46. The number of halogens is 3. The zero-order chi connectivity index (χ0) is 21.6. The number of carbonyl (C=O) groups is 1. The van der Waals surface area contributed by atoms with Crippen LogP contribution in [0.1, 0.15) is 18.1 Å². The maximum absolute atomic E-state index is 12.8. The predicted molar refractivity (Wildman–Crippen MR) is 109 cm³/mol. The molecule has 3 rings (SSSR count). The highest BCUT2D eigenvalue weighted by molar-refractivity contribution is 5.99. The molecule has 30 heavy (non-hydrogen) atoms. The van der Waals surface area contributed by atoms with E-state index >= 15 is 0 Å². The zero-order valence-electron chi connectivity index (χ0n) is 16.1. The van der Waals surface area contributed by atoms with Crippen molar-refractivity contribution in [3.8, 4) is 16.9 Å². The number of rotatable bonds is 6. The predicted octanol–water partition coefficient (Wildman–Crippen LogP) is 5.29. The summed E-state index contributed by atoms with van der Waals surface area (Å²) in [5, 5.41) is 3.88. The Bertz CT molecular complexity index is 1050. The van der Waals surface area contributed by atoms with Crippen molar-refractivity contribution in [2.75, 3.05) is 6.61 Å². The number of hydrogen-bond acceptors (Lipinski definition) is 3. The average Bonchev–Trinajstić information content (AvgIpc) is 2.76. The van der Waals surface area contributed by atoms with E-state index in [0.29, 0.717) is 5.75 Å². The molecule has 3 aromatic rings. The van der Waals surface area contributed by atoms with Crippen LogP contribution in [-0.2, 0) is 11.0 Å². The highest BCUT2D eigenvalue weighted by Gasteiger charge is 2.30. The number of amides is 1. The summed E-state index contributed by atoms with van der Waals surface area (Å²) < 4.78 is 44.1. The van der Waals surface area contributed by atoms with E-state index < -0.39 is 17.6 Å². The van der Waals surface area contributed by atoms with E-state index in [1.807, 2.05) is 42.5 Å². The number of alkyl halides is 3. The summed E-state index contributed by atoms with van der Waals surface area (Å²) in [6.45, 7) is 1.23. The zero-order valence-corrected chi connectivity index (χ0v) is 16.1. The first-order valence-electron chi connectivity index (χ1n) is 9.12. The quantitative estimate of drug-likeness (QED) is 0.442. The molecule has 4 nitrogen and oxygen atoms in total. The van der Waals surface area contributed by atoms with Crippen LogP contribution in [0, 0.1) is 0 Å². The van der Waals surface area contributed by atoms with Crippen molar-refractivity contribution in [1.29, 1.82) is 0 Å². The van der Waals surface area contributed by atoms with Crippen LogP contribution < -0.4 is 10.2 Å². The first-order valence-corrected chi connectivity index (χ1v) is 9.12. The van der Waals surface area contributed by atoms with Crippen molar-refractivity contribution in [2.45, 2.75) is 13.1 Å². The number of carbonyl (C=O) groups excluding carboxylic acids is 1. The summed E-state index contributed by atoms with van der Waals surface area (Å²) in [4.78, 5) is 12.1. The molecular weight excluding hydrogens is 393 g/mol. The Hall–Kier alpha value is -3.61. The van der Waals surface area contributed by atoms with Crippen molar-refractivity contribution >= 4 is 11.6 Å². The Morgan fingerprint density at radius 2 is 1.67 bits per heavy atom. The molecule has 0 aromatic heterocycles. The minimum Gasteiger partial charge on any atom is -0.483 e. The molecule has 3 aromatic carbocycles. The largest absolute Gasteiger partial charge is 0.483 e. The summed E-state index contributed by atoms with van der Waals surface area (Å²) in [6, 6.07) is 21.7. The van der Waals surface area contributed by atoms with E-state index in [1.54, 1.807) is 12.1 Å². The minimum absolute atomic E-state index is 0.249. The average molecular weight is 412 g/mol. The van der Waals surface area contributed by atoms with Crippen molar-refractivity contribution in [1.82, 2.24) is 5.43 Å². The third-order valence-corrected chi connectivity index (χ3v) is 4.29. The lowest BCUT2D eigenvalue weighted by atomic mass is 10.1. The molecule has 0 heterocycles. The summed E-state index contributed by atoms with van der Waals surface area (Å²) in [5.41, 5.74) is 3.84. The lowest BCUT2D eigenvalue weighted by Gasteiger charge is -2.11. The Morgan fingerprint density at radius 1 is 0.967 bits per heavy atom. The number of hydrazone groups is 1. The first kappa shape index (κ1) is 21.1. The number of nitrogens with zero attached hydrogens (tertiary/aromatic N) is 1. The molecule has 1 amide bonds. The van der Waals surface area contributed by atoms with Crippen molar-refractivity contribution in [3.63, 3.8) is 0 Å². The molecule has 0 atom stereocenters. The van der Waals surface area contributed by atoms with Gasteiger partial charge in [-0.2, -0.15) is 18.3 Å². The Labute approximate surface area is 172 Å². The van der Waals surface area contributed by atoms with Gasteiger partial charge in [-0.25, -0.2) is 5.43 Å². The lowest BCUT2D eigenvalue weighted by molar-refractivity contribution is -0.137. The van der Waals surface area contributed by atoms with Gasteiger partial charge in [-0.05, 0) is 36.2 Å². The molecule has 154 valence electrons. The van der Waals surface area contributed by atoms with Crippen molar-refractivity contribution < 1.29 is 22.7 Å². The molecule has 0 aliphatic carbocycles. The van der Waals surface area contributed by atoms with Crippen LogP contribution in [0.5, 0.6) is 5.75 Å². The van der Waals surface area contributed by atoms with E-state index in [9.17, 15) is 18.0 Å². The maximum atomic E-state index is 12.8. The van der Waals surface area contributed by atoms with Crippen LogP contribution in [0.3, 0.4) is 0 Å². The summed E-state index contributed by atoms with van der Waals surface area (Å²) in [7, 11) is 0. The third-order valence-electron chi connectivity index (χ3n) is 4.29. The van der Waals surface area contributed by atoms with Crippen molar-refractivity contribution in [2.24, 2.45) is 5.10 Å². The monoisotopic (exact) mass is 412 g/mol. The lowest BCUT2D eigenvalue weighted by Crippen LogP contribution is -2.25. The Morgan fingerprint density at radius 3 is 2.40 bits per heavy atom. The van der Waals surface area contributed by atoms with Gasteiger partial charge in [0.05, 0.1) is 11.3 Å². The molecule has 0 saturated heterocycles. The molecular formula is C23H19F3N2O2. The molecule has 0 radical (unpaired) electrons. The molecule has 0 saturated carbocycles. The minimum atomic E-state index is -4.44. The fraction of sp³-hybridized carbons (Fsp3) is 0.130. The van der Waals surface area contributed by atoms with E-state index in [4.69, 9.17) is 4.74 Å². The molecule has 1 N–H and O–H groups in total. The van der Waals surface area contributed by atoms with Crippen LogP contribution in [0.4, 0.5) is 13.2 Å². The number of benzene rings is 3. The SMILES string of the molecule is CC(=NNC(=O)COc1ccccc1-c1ccccc1)c1cccc(C(F)(F)F)c1. The Kier molecular flexibility index (Phi) is 6.51. The number of ether oxygens (including phenoxy) is 1. The molecule has 0 fully saturated rings. The van der Waals surface area contributed by atoms with Crippen LogP contribution >= 0.6 is 0 Å². The van der Waals surface area contributed by atoms with E-state index in [1.165, 1.54) is 19.1 Å². The molecule has 7 heteroatoms. The van der Waals surface area contributed by atoms with Gasteiger partial charge in [0.25, 0.3) is 5.91 Å². The van der Waals surface area contributed by atoms with Gasteiger partial charge in [-0.3, -0.25) is 4.79 Å². The molecule has 0 unspecified atom stereocenters. The number of para-hydroxylation sites is 1. The third kappa shape index (κ3) is 5.47. The normalized spacial score (nSPS) is 11.8. The fourth-order valence-corrected chi connectivity index (χ4v) is 2.76. The van der Waals surface area contributed by atoms with Gasteiger partial charge >= 0.3 is 6.18 Å². The summed E-state index contributed by atoms with van der Waals surface area (Å²) >= 11 is 0. The van der Waals surface area contributed by atoms with Gasteiger partial charge in [-0.1, -0.05) is 60.7 Å². The molecule has 0 spiro atoms. The molecule has 0 aliphatic rings. The van der Waals surface area contributed by atoms with Crippen LogP contribution in [0.2, 0.25) is 0 Å². The van der Waals surface area contributed by atoms with Crippen LogP contribution in [-0.4, -0.2) is 18.2 Å². The van der Waals surface area contributed by atoms with Crippen LogP contribution in [0.15, 0.2) is 84.0 Å². The summed E-state index contributed by atoms with van der Waals surface area (Å²) in [5.74, 6) is 0.0154. The molecule has 0 bridgehead atoms. The van der Waals surface area contributed by atoms with E-state index in [0.717, 1.165) is 23.3 Å². The maximum Gasteiger partial charge on any atom is 0.416 e. The van der Waals surface area contributed by atoms with Crippen LogP contribution in [0.25, 0.3) is 11.1 Å². The van der Waals surface area contributed by atoms with Gasteiger partial charge in [0, 0.05) is 5.56 Å². The van der Waals surface area contributed by atoms with Gasteiger partial charge in [0.1, 0.15) is 5.75 Å². The van der Waals surface area contributed by atoms with Gasteiger partial charge in [-0.15, -0.1) is 0 Å². The summed E-state index contributed by atoms with van der Waals surface area (Å²) in [6.07, 6.45) is -4.44. The smallest absolute Gasteiger partial charge is 0.416 e. The van der Waals surface area contributed by atoms with E-state index in [-0.39, 0.29) is 17.9 Å². The van der Waals surface area contributed by atoms with Gasteiger partial charge in [0.2, 0.25) is 0 Å². The topological polar surface area (TPSA) is 50.7 Å². The fourth-order valence-electron chi connectivity index (χ4n) is 2.76. The Balaban J connectivity index is 1.64. The van der Waals surface area contributed by atoms with Gasteiger partial charge < -0.3 is 4.74 Å². The standard InChI is InChI=1S/C23H19F3N2O2/c1-16(18-10-7-11-19(14-18)23(24,25)26)27-28-22(29)15-30-21-13-6-5-12-20(21)17-8-3-2-4-9-17/h2-14H,15H2,1H3,(H,28,29). The number of hydrogen-bond donors (Lipinski definition) is 1.